The SMILES string of the molecule is CCc1nc2cccc3c2n1-c1ccc(-c2c4ccccc4c(-c4cccc(-c5ccccc5)c4)c4ccccc24)cc1N3c1ccccc1. The number of aromatic nitrogens is 2. The van der Waals surface area contributed by atoms with Gasteiger partial charge in [-0.2, -0.15) is 0 Å². The van der Waals surface area contributed by atoms with E-state index in [0.717, 1.165) is 46.0 Å². The third kappa shape index (κ3) is 4.27. The van der Waals surface area contributed by atoms with Crippen LogP contribution in [0.4, 0.5) is 17.1 Å². The fraction of sp³-hybridized carbons (Fsp3) is 0.0426. The Balaban J connectivity index is 1.25. The second-order valence-corrected chi connectivity index (χ2v) is 13.0. The summed E-state index contributed by atoms with van der Waals surface area (Å²) in [4.78, 5) is 7.51. The van der Waals surface area contributed by atoms with E-state index >= 15 is 0 Å². The number of benzene rings is 8. The van der Waals surface area contributed by atoms with Crippen LogP contribution in [0, 0.1) is 0 Å². The van der Waals surface area contributed by atoms with Crippen LogP contribution in [0.2, 0.25) is 0 Å². The lowest BCUT2D eigenvalue weighted by molar-refractivity contribution is 0.900. The number of hydrogen-bond acceptors (Lipinski definition) is 2. The summed E-state index contributed by atoms with van der Waals surface area (Å²) in [5.41, 5.74) is 14.1. The Labute approximate surface area is 291 Å². The number of aryl methyl sites for hydroxylation is 1. The average Bonchev–Trinajstić information content (AvgIpc) is 3.57. The van der Waals surface area contributed by atoms with Crippen LogP contribution in [0.1, 0.15) is 12.7 Å². The van der Waals surface area contributed by atoms with Crippen molar-refractivity contribution in [2.24, 2.45) is 0 Å². The molecule has 0 aliphatic carbocycles. The number of rotatable bonds is 5. The molecule has 1 aliphatic rings. The maximum atomic E-state index is 5.09. The lowest BCUT2D eigenvalue weighted by Crippen LogP contribution is -2.19. The summed E-state index contributed by atoms with van der Waals surface area (Å²) in [5.74, 6) is 1.08. The van der Waals surface area contributed by atoms with E-state index in [1.807, 2.05) is 0 Å². The molecule has 50 heavy (non-hydrogen) atoms. The number of para-hydroxylation sites is 2. The first kappa shape index (κ1) is 28.6. The predicted molar refractivity (Wildman–Crippen MR) is 210 cm³/mol. The lowest BCUT2D eigenvalue weighted by atomic mass is 9.85. The molecule has 8 aromatic carbocycles. The predicted octanol–water partition coefficient (Wildman–Crippen LogP) is 12.7. The zero-order valence-electron chi connectivity index (χ0n) is 27.7. The van der Waals surface area contributed by atoms with Gasteiger partial charge in [0.05, 0.1) is 28.1 Å². The highest BCUT2D eigenvalue weighted by molar-refractivity contribution is 6.21. The zero-order chi connectivity index (χ0) is 33.2. The Morgan fingerprint density at radius 3 is 1.66 bits per heavy atom. The largest absolute Gasteiger partial charge is 0.306 e. The minimum Gasteiger partial charge on any atom is -0.306 e. The van der Waals surface area contributed by atoms with Crippen molar-refractivity contribution < 1.29 is 0 Å². The van der Waals surface area contributed by atoms with Gasteiger partial charge in [-0.05, 0) is 97.4 Å². The van der Waals surface area contributed by atoms with Gasteiger partial charge in [0.1, 0.15) is 5.82 Å². The number of imidazole rings is 1. The van der Waals surface area contributed by atoms with Gasteiger partial charge in [-0.25, -0.2) is 4.98 Å². The lowest BCUT2D eigenvalue weighted by Gasteiger charge is -2.33. The minimum atomic E-state index is 0.850. The van der Waals surface area contributed by atoms with Crippen LogP contribution in [0.15, 0.2) is 170 Å². The van der Waals surface area contributed by atoms with Crippen LogP contribution >= 0.6 is 0 Å². The monoisotopic (exact) mass is 639 g/mol. The second-order valence-electron chi connectivity index (χ2n) is 13.0. The molecule has 3 heteroatoms. The standard InChI is InChI=1S/C47H33N3/c1-2-44-48-40-25-14-26-42-47(40)50(44)41-28-27-34(30-43(41)49(42)35-19-7-4-8-20-35)46-38-23-11-9-21-36(38)45(37-22-10-12-24-39(37)46)33-18-13-17-32(29-33)31-15-5-3-6-16-31/h3-30H,2H2,1H3. The molecule has 0 saturated carbocycles. The van der Waals surface area contributed by atoms with Gasteiger partial charge in [0.15, 0.2) is 0 Å². The fourth-order valence-corrected chi connectivity index (χ4v) is 8.10. The molecule has 0 saturated heterocycles. The van der Waals surface area contributed by atoms with Crippen molar-refractivity contribution in [3.8, 4) is 39.1 Å². The first-order chi connectivity index (χ1) is 24.8. The van der Waals surface area contributed by atoms with E-state index in [9.17, 15) is 0 Å². The Bertz CT molecular complexity index is 2680. The van der Waals surface area contributed by atoms with Crippen molar-refractivity contribution in [3.63, 3.8) is 0 Å². The summed E-state index contributed by atoms with van der Waals surface area (Å²) >= 11 is 0. The van der Waals surface area contributed by atoms with Gasteiger partial charge in [0.2, 0.25) is 0 Å². The van der Waals surface area contributed by atoms with Crippen LogP contribution in [-0.2, 0) is 6.42 Å². The quantitative estimate of drug-likeness (QED) is 0.175. The summed E-state index contributed by atoms with van der Waals surface area (Å²) < 4.78 is 2.38. The van der Waals surface area contributed by atoms with E-state index in [1.165, 1.54) is 54.9 Å². The molecule has 0 atom stereocenters. The second kappa shape index (κ2) is 11.3. The van der Waals surface area contributed by atoms with Crippen LogP contribution in [0.25, 0.3) is 71.6 Å². The molecule has 236 valence electrons. The highest BCUT2D eigenvalue weighted by atomic mass is 15.2. The van der Waals surface area contributed by atoms with E-state index in [4.69, 9.17) is 4.98 Å². The van der Waals surface area contributed by atoms with Crippen LogP contribution in [0.3, 0.4) is 0 Å². The smallest absolute Gasteiger partial charge is 0.114 e. The number of fused-ring (bicyclic) bond motifs is 4. The summed E-state index contributed by atoms with van der Waals surface area (Å²) in [6.45, 7) is 2.19. The normalized spacial score (nSPS) is 12.1. The summed E-state index contributed by atoms with van der Waals surface area (Å²) in [6, 6.07) is 61.7. The van der Waals surface area contributed by atoms with Gasteiger partial charge in [-0.1, -0.05) is 134 Å². The van der Waals surface area contributed by atoms with Crippen LogP contribution < -0.4 is 4.90 Å². The zero-order valence-corrected chi connectivity index (χ0v) is 27.7. The van der Waals surface area contributed by atoms with Crippen molar-refractivity contribution in [1.82, 2.24) is 9.55 Å². The van der Waals surface area contributed by atoms with E-state index in [0.29, 0.717) is 0 Å². The number of nitrogens with zero attached hydrogens (tertiary/aromatic N) is 3. The highest BCUT2D eigenvalue weighted by Crippen LogP contribution is 2.50. The molecule has 0 bridgehead atoms. The molecular weight excluding hydrogens is 607 g/mol. The molecule has 9 aromatic rings. The Morgan fingerprint density at radius 2 is 1.00 bits per heavy atom. The molecule has 0 unspecified atom stereocenters. The summed E-state index contributed by atoms with van der Waals surface area (Å²) in [6.07, 6.45) is 0.850. The number of hydrogen-bond donors (Lipinski definition) is 0. The molecule has 0 amide bonds. The highest BCUT2D eigenvalue weighted by Gasteiger charge is 2.29. The van der Waals surface area contributed by atoms with Gasteiger partial charge < -0.3 is 4.90 Å². The van der Waals surface area contributed by atoms with E-state index in [1.54, 1.807) is 0 Å². The topological polar surface area (TPSA) is 21.1 Å². The van der Waals surface area contributed by atoms with Gasteiger partial charge in [0, 0.05) is 12.1 Å². The third-order valence-corrected chi connectivity index (χ3v) is 10.2. The van der Waals surface area contributed by atoms with Crippen molar-refractivity contribution in [3.05, 3.63) is 176 Å². The van der Waals surface area contributed by atoms with E-state index in [2.05, 4.69) is 186 Å². The minimum absolute atomic E-state index is 0.850. The summed E-state index contributed by atoms with van der Waals surface area (Å²) in [7, 11) is 0. The maximum Gasteiger partial charge on any atom is 0.114 e. The molecule has 2 heterocycles. The number of anilines is 3. The van der Waals surface area contributed by atoms with Crippen LogP contribution in [0.5, 0.6) is 0 Å². The summed E-state index contributed by atoms with van der Waals surface area (Å²) in [5, 5.41) is 4.99. The maximum absolute atomic E-state index is 5.09. The first-order valence-corrected chi connectivity index (χ1v) is 17.4. The van der Waals surface area contributed by atoms with Crippen molar-refractivity contribution in [2.75, 3.05) is 4.90 Å². The Morgan fingerprint density at radius 1 is 0.440 bits per heavy atom. The molecule has 0 fully saturated rings. The van der Waals surface area contributed by atoms with Crippen LogP contribution in [-0.4, -0.2) is 9.55 Å². The van der Waals surface area contributed by atoms with Gasteiger partial charge in [-0.3, -0.25) is 4.57 Å². The van der Waals surface area contributed by atoms with E-state index in [-0.39, 0.29) is 0 Å². The van der Waals surface area contributed by atoms with Crippen molar-refractivity contribution in [2.45, 2.75) is 13.3 Å². The molecule has 1 aliphatic heterocycles. The Kier molecular flexibility index (Phi) is 6.47. The molecule has 10 rings (SSSR count). The first-order valence-electron chi connectivity index (χ1n) is 17.4. The molecule has 3 nitrogen and oxygen atoms in total. The fourth-order valence-electron chi connectivity index (χ4n) is 8.10. The van der Waals surface area contributed by atoms with Crippen molar-refractivity contribution in [1.29, 1.82) is 0 Å². The van der Waals surface area contributed by atoms with Gasteiger partial charge >= 0.3 is 0 Å². The van der Waals surface area contributed by atoms with Gasteiger partial charge in [0.25, 0.3) is 0 Å². The molecule has 0 N–H and O–H groups in total. The molecular formula is C47H33N3. The van der Waals surface area contributed by atoms with Crippen molar-refractivity contribution >= 4 is 49.6 Å². The molecule has 1 aromatic heterocycles. The average molecular weight is 640 g/mol. The molecule has 0 spiro atoms. The Hall–Kier alpha value is -6.45. The van der Waals surface area contributed by atoms with E-state index < -0.39 is 0 Å². The molecule has 0 radical (unpaired) electrons. The van der Waals surface area contributed by atoms with Gasteiger partial charge in [-0.15, -0.1) is 0 Å². The third-order valence-electron chi connectivity index (χ3n) is 10.2.